The van der Waals surface area contributed by atoms with Crippen molar-refractivity contribution in [2.75, 3.05) is 13.2 Å². The normalized spacial score (nSPS) is 12.7. The standard InChI is InChI=1S/C19H15N5O4S/c25-18(20-9-16-22-17(24-23-16)14-2-1-5-26-14)12-10-29-19(21-12)11-3-4-13-15(8-11)28-7-6-27-13/h1-5,8,10H,6-7,9H2,(H,20,25)(H,22,23,24). The minimum atomic E-state index is -0.291. The number of furan rings is 1. The molecule has 1 aromatic carbocycles. The molecule has 0 aliphatic carbocycles. The molecule has 0 saturated carbocycles. The Balaban J connectivity index is 1.25. The molecule has 0 saturated heterocycles. The van der Waals surface area contributed by atoms with Crippen molar-refractivity contribution in [1.29, 1.82) is 0 Å². The fourth-order valence-corrected chi connectivity index (χ4v) is 3.63. The predicted molar refractivity (Wildman–Crippen MR) is 104 cm³/mol. The number of carbonyl (C=O) groups excluding carboxylic acids is 1. The fourth-order valence-electron chi connectivity index (χ4n) is 2.83. The summed E-state index contributed by atoms with van der Waals surface area (Å²) >= 11 is 1.39. The highest BCUT2D eigenvalue weighted by Gasteiger charge is 2.16. The first-order valence-electron chi connectivity index (χ1n) is 8.85. The van der Waals surface area contributed by atoms with Crippen molar-refractivity contribution >= 4 is 17.2 Å². The number of ether oxygens (including phenoxy) is 2. The third-order valence-electron chi connectivity index (χ3n) is 4.22. The maximum Gasteiger partial charge on any atom is 0.271 e. The van der Waals surface area contributed by atoms with Gasteiger partial charge in [0.1, 0.15) is 29.7 Å². The lowest BCUT2D eigenvalue weighted by molar-refractivity contribution is 0.0945. The van der Waals surface area contributed by atoms with E-state index in [-0.39, 0.29) is 12.5 Å². The molecule has 10 heteroatoms. The minimum Gasteiger partial charge on any atom is -0.486 e. The van der Waals surface area contributed by atoms with Gasteiger partial charge in [-0.15, -0.1) is 16.4 Å². The van der Waals surface area contributed by atoms with Gasteiger partial charge in [0.05, 0.1) is 12.8 Å². The predicted octanol–water partition coefficient (Wildman–Crippen LogP) is 2.89. The summed E-state index contributed by atoms with van der Waals surface area (Å²) in [5.74, 6) is 2.63. The van der Waals surface area contributed by atoms with Crippen LogP contribution in [0.1, 0.15) is 16.3 Å². The van der Waals surface area contributed by atoms with Gasteiger partial charge in [0.25, 0.3) is 5.91 Å². The summed E-state index contributed by atoms with van der Waals surface area (Å²) < 4.78 is 16.4. The van der Waals surface area contributed by atoms with Crippen LogP contribution in [-0.2, 0) is 6.54 Å². The molecule has 5 rings (SSSR count). The third kappa shape index (κ3) is 3.57. The van der Waals surface area contributed by atoms with Crippen molar-refractivity contribution in [3.63, 3.8) is 0 Å². The van der Waals surface area contributed by atoms with E-state index < -0.39 is 0 Å². The second-order valence-electron chi connectivity index (χ2n) is 6.16. The van der Waals surface area contributed by atoms with Gasteiger partial charge in [-0.05, 0) is 30.3 Å². The first-order chi connectivity index (χ1) is 14.3. The number of aromatic amines is 1. The number of nitrogens with one attached hydrogen (secondary N) is 2. The maximum atomic E-state index is 12.4. The molecule has 0 fully saturated rings. The molecule has 3 aromatic heterocycles. The number of rotatable bonds is 5. The lowest BCUT2D eigenvalue weighted by Crippen LogP contribution is -2.23. The Kier molecular flexibility index (Phi) is 4.45. The molecule has 0 radical (unpaired) electrons. The Hall–Kier alpha value is -3.66. The van der Waals surface area contributed by atoms with Crippen molar-refractivity contribution in [3.8, 4) is 33.7 Å². The van der Waals surface area contributed by atoms with Gasteiger partial charge in [0.2, 0.25) is 5.82 Å². The second kappa shape index (κ2) is 7.40. The SMILES string of the molecule is O=C(NCc1nc(-c2ccco2)n[nH]1)c1csc(-c2ccc3c(c2)OCCO3)n1. The van der Waals surface area contributed by atoms with E-state index in [9.17, 15) is 4.79 Å². The third-order valence-corrected chi connectivity index (χ3v) is 5.11. The van der Waals surface area contributed by atoms with E-state index in [4.69, 9.17) is 13.9 Å². The van der Waals surface area contributed by atoms with Gasteiger partial charge >= 0.3 is 0 Å². The zero-order valence-electron chi connectivity index (χ0n) is 15.0. The summed E-state index contributed by atoms with van der Waals surface area (Å²) in [7, 11) is 0. The molecule has 0 bridgehead atoms. The van der Waals surface area contributed by atoms with Crippen LogP contribution < -0.4 is 14.8 Å². The number of nitrogens with zero attached hydrogens (tertiary/aromatic N) is 3. The molecule has 146 valence electrons. The molecule has 0 atom stereocenters. The molecule has 29 heavy (non-hydrogen) atoms. The van der Waals surface area contributed by atoms with Crippen molar-refractivity contribution < 1.29 is 18.7 Å². The van der Waals surface area contributed by atoms with Gasteiger partial charge in [-0.3, -0.25) is 9.89 Å². The molecule has 1 aliphatic rings. The van der Waals surface area contributed by atoms with Gasteiger partial charge < -0.3 is 19.2 Å². The monoisotopic (exact) mass is 409 g/mol. The summed E-state index contributed by atoms with van der Waals surface area (Å²) in [5.41, 5.74) is 1.21. The first kappa shape index (κ1) is 17.4. The van der Waals surface area contributed by atoms with Crippen LogP contribution in [0, 0.1) is 0 Å². The minimum absolute atomic E-state index is 0.198. The van der Waals surface area contributed by atoms with E-state index in [0.717, 1.165) is 16.3 Å². The van der Waals surface area contributed by atoms with Gasteiger partial charge in [0, 0.05) is 10.9 Å². The maximum absolute atomic E-state index is 12.4. The number of H-pyrrole nitrogens is 1. The van der Waals surface area contributed by atoms with E-state index in [0.29, 0.717) is 42.1 Å². The molecular weight excluding hydrogens is 394 g/mol. The number of benzene rings is 1. The summed E-state index contributed by atoms with van der Waals surface area (Å²) in [6, 6.07) is 9.15. The number of aromatic nitrogens is 4. The topological polar surface area (TPSA) is 115 Å². The molecule has 1 aliphatic heterocycles. The Morgan fingerprint density at radius 1 is 1.17 bits per heavy atom. The second-order valence-corrected chi connectivity index (χ2v) is 7.02. The zero-order chi connectivity index (χ0) is 19.6. The number of hydrogen-bond acceptors (Lipinski definition) is 8. The highest BCUT2D eigenvalue weighted by molar-refractivity contribution is 7.13. The summed E-state index contributed by atoms with van der Waals surface area (Å²) in [6.07, 6.45) is 1.55. The molecule has 2 N–H and O–H groups in total. The fraction of sp³-hybridized carbons (Fsp3) is 0.158. The molecule has 9 nitrogen and oxygen atoms in total. The van der Waals surface area contributed by atoms with E-state index in [1.54, 1.807) is 23.8 Å². The Morgan fingerprint density at radius 3 is 2.93 bits per heavy atom. The van der Waals surface area contributed by atoms with Gasteiger partial charge in [-0.1, -0.05) is 0 Å². The van der Waals surface area contributed by atoms with Crippen LogP contribution in [0.4, 0.5) is 0 Å². The summed E-state index contributed by atoms with van der Waals surface area (Å²) in [5, 5.41) is 12.1. The van der Waals surface area contributed by atoms with E-state index in [1.807, 2.05) is 18.2 Å². The van der Waals surface area contributed by atoms with Crippen molar-refractivity contribution in [3.05, 3.63) is 53.5 Å². The van der Waals surface area contributed by atoms with Crippen LogP contribution in [0.15, 0.2) is 46.4 Å². The molecular formula is C19H15N5O4S. The van der Waals surface area contributed by atoms with Crippen molar-refractivity contribution in [2.45, 2.75) is 6.54 Å². The first-order valence-corrected chi connectivity index (χ1v) is 9.73. The van der Waals surface area contributed by atoms with Crippen molar-refractivity contribution in [1.82, 2.24) is 25.5 Å². The largest absolute Gasteiger partial charge is 0.486 e. The molecule has 0 spiro atoms. The number of amides is 1. The van der Waals surface area contributed by atoms with Crippen LogP contribution in [0.5, 0.6) is 11.5 Å². The summed E-state index contributed by atoms with van der Waals surface area (Å²) in [4.78, 5) is 21.2. The van der Waals surface area contributed by atoms with Crippen LogP contribution in [-0.4, -0.2) is 39.3 Å². The highest BCUT2D eigenvalue weighted by Crippen LogP contribution is 2.35. The quantitative estimate of drug-likeness (QED) is 0.521. The van der Waals surface area contributed by atoms with E-state index >= 15 is 0 Å². The summed E-state index contributed by atoms with van der Waals surface area (Å²) in [6.45, 7) is 1.26. The lowest BCUT2D eigenvalue weighted by atomic mass is 10.2. The number of carbonyl (C=O) groups is 1. The highest BCUT2D eigenvalue weighted by atomic mass is 32.1. The van der Waals surface area contributed by atoms with Crippen molar-refractivity contribution in [2.24, 2.45) is 0 Å². The van der Waals surface area contributed by atoms with Crippen LogP contribution in [0.3, 0.4) is 0 Å². The smallest absolute Gasteiger partial charge is 0.271 e. The van der Waals surface area contributed by atoms with Crippen LogP contribution >= 0.6 is 11.3 Å². The van der Waals surface area contributed by atoms with E-state index in [2.05, 4.69) is 25.5 Å². The Labute approximate surface area is 168 Å². The molecule has 4 heterocycles. The zero-order valence-corrected chi connectivity index (χ0v) is 15.9. The van der Waals surface area contributed by atoms with E-state index in [1.165, 1.54) is 11.3 Å². The number of hydrogen-bond donors (Lipinski definition) is 2. The molecule has 0 unspecified atom stereocenters. The van der Waals surface area contributed by atoms with Gasteiger partial charge in [-0.2, -0.15) is 0 Å². The average molecular weight is 409 g/mol. The molecule has 1 amide bonds. The lowest BCUT2D eigenvalue weighted by Gasteiger charge is -2.18. The van der Waals surface area contributed by atoms with Gasteiger partial charge in [-0.25, -0.2) is 9.97 Å². The molecule has 4 aromatic rings. The number of thiazole rings is 1. The van der Waals surface area contributed by atoms with Crippen LogP contribution in [0.25, 0.3) is 22.2 Å². The Bertz CT molecular complexity index is 1150. The van der Waals surface area contributed by atoms with Gasteiger partial charge in [0.15, 0.2) is 17.3 Å². The van der Waals surface area contributed by atoms with Crippen LogP contribution in [0.2, 0.25) is 0 Å². The Morgan fingerprint density at radius 2 is 2.07 bits per heavy atom. The number of fused-ring (bicyclic) bond motifs is 1. The average Bonchev–Trinajstić information content (AvgIpc) is 3.53.